The molecule has 6 nitrogen and oxygen atoms in total. The van der Waals surface area contributed by atoms with Gasteiger partial charge in [-0.2, -0.15) is 0 Å². The summed E-state index contributed by atoms with van der Waals surface area (Å²) in [5.41, 5.74) is 3.85. The molecule has 1 unspecified atom stereocenters. The summed E-state index contributed by atoms with van der Waals surface area (Å²) in [6.07, 6.45) is 1.61. The van der Waals surface area contributed by atoms with Crippen molar-refractivity contribution in [2.45, 2.75) is 33.1 Å². The van der Waals surface area contributed by atoms with Gasteiger partial charge in [0.2, 0.25) is 5.91 Å². The molecule has 2 heterocycles. The third-order valence-corrected chi connectivity index (χ3v) is 6.72. The Bertz CT molecular complexity index is 1240. The molecule has 4 rings (SSSR count). The Morgan fingerprint density at radius 1 is 1.24 bits per heavy atom. The smallest absolute Gasteiger partial charge is 0.339 e. The Kier molecular flexibility index (Phi) is 6.94. The van der Waals surface area contributed by atoms with Crippen molar-refractivity contribution in [2.75, 3.05) is 31.6 Å². The van der Waals surface area contributed by atoms with E-state index in [2.05, 4.69) is 17.1 Å². The molecule has 1 aromatic heterocycles. The molecule has 1 amide bonds. The van der Waals surface area contributed by atoms with Crippen LogP contribution in [0.25, 0.3) is 11.0 Å². The molecule has 0 radical (unpaired) electrons. The lowest BCUT2D eigenvalue weighted by Gasteiger charge is -2.21. The predicted molar refractivity (Wildman–Crippen MR) is 132 cm³/mol. The maximum atomic E-state index is 12.5. The van der Waals surface area contributed by atoms with Crippen LogP contribution in [-0.4, -0.2) is 32.7 Å². The standard InChI is InChI=1S/C26H29ClN2O4/c1-16-4-5-19(27)12-23(16)29-11-10-18(15-29)14-28-25(30)9-8-22-17(2)21-7-6-20(32-3)13-24(21)33-26(22)31/h4-7,12-13,18H,8-11,14-15H2,1-3H3,(H,28,30). The van der Waals surface area contributed by atoms with Crippen molar-refractivity contribution in [1.82, 2.24) is 5.32 Å². The Morgan fingerprint density at radius 2 is 2.06 bits per heavy atom. The highest BCUT2D eigenvalue weighted by atomic mass is 35.5. The van der Waals surface area contributed by atoms with Crippen molar-refractivity contribution >= 4 is 34.2 Å². The summed E-state index contributed by atoms with van der Waals surface area (Å²) in [7, 11) is 1.57. The van der Waals surface area contributed by atoms with Crippen LogP contribution in [0.15, 0.2) is 45.6 Å². The maximum Gasteiger partial charge on any atom is 0.339 e. The summed E-state index contributed by atoms with van der Waals surface area (Å²) in [6, 6.07) is 11.4. The van der Waals surface area contributed by atoms with Crippen LogP contribution >= 0.6 is 11.6 Å². The number of rotatable bonds is 7. The fourth-order valence-electron chi connectivity index (χ4n) is 4.52. The van der Waals surface area contributed by atoms with Crippen LogP contribution in [-0.2, 0) is 11.2 Å². The monoisotopic (exact) mass is 468 g/mol. The van der Waals surface area contributed by atoms with Gasteiger partial charge in [-0.1, -0.05) is 17.7 Å². The van der Waals surface area contributed by atoms with Crippen LogP contribution in [0.1, 0.15) is 29.5 Å². The molecular formula is C26H29ClN2O4. The van der Waals surface area contributed by atoms with Crippen LogP contribution in [0.2, 0.25) is 5.02 Å². The highest BCUT2D eigenvalue weighted by Crippen LogP contribution is 2.29. The molecule has 0 saturated carbocycles. The van der Waals surface area contributed by atoms with Crippen molar-refractivity contribution in [2.24, 2.45) is 5.92 Å². The number of nitrogens with zero attached hydrogens (tertiary/aromatic N) is 1. The van der Waals surface area contributed by atoms with E-state index < -0.39 is 5.63 Å². The lowest BCUT2D eigenvalue weighted by Crippen LogP contribution is -2.31. The highest BCUT2D eigenvalue weighted by molar-refractivity contribution is 6.30. The van der Waals surface area contributed by atoms with Crippen molar-refractivity contribution in [3.63, 3.8) is 0 Å². The number of halogens is 1. The summed E-state index contributed by atoms with van der Waals surface area (Å²) in [5.74, 6) is 0.962. The maximum absolute atomic E-state index is 12.5. The molecule has 1 aliphatic rings. The Hall–Kier alpha value is -2.99. The normalized spacial score (nSPS) is 15.8. The molecule has 33 heavy (non-hydrogen) atoms. The van der Waals surface area contributed by atoms with Gasteiger partial charge >= 0.3 is 5.63 Å². The molecule has 1 saturated heterocycles. The van der Waals surface area contributed by atoms with Gasteiger partial charge < -0.3 is 19.4 Å². The van der Waals surface area contributed by atoms with E-state index in [0.29, 0.717) is 35.8 Å². The van der Waals surface area contributed by atoms with Gasteiger partial charge in [0.15, 0.2) is 0 Å². The molecular weight excluding hydrogens is 440 g/mol. The molecule has 1 atom stereocenters. The lowest BCUT2D eigenvalue weighted by molar-refractivity contribution is -0.121. The second-order valence-corrected chi connectivity index (χ2v) is 9.13. The average molecular weight is 469 g/mol. The first-order chi connectivity index (χ1) is 15.9. The van der Waals surface area contributed by atoms with Crippen molar-refractivity contribution in [1.29, 1.82) is 0 Å². The molecule has 0 spiro atoms. The lowest BCUT2D eigenvalue weighted by atomic mass is 10.0. The first-order valence-corrected chi connectivity index (χ1v) is 11.6. The largest absolute Gasteiger partial charge is 0.497 e. The Morgan fingerprint density at radius 3 is 2.85 bits per heavy atom. The molecule has 3 aromatic rings. The van der Waals surface area contributed by atoms with E-state index in [9.17, 15) is 9.59 Å². The Labute approximate surface area is 198 Å². The van der Waals surface area contributed by atoms with Crippen LogP contribution in [0, 0.1) is 19.8 Å². The van der Waals surface area contributed by atoms with E-state index in [0.717, 1.165) is 41.2 Å². The van der Waals surface area contributed by atoms with Crippen molar-refractivity contribution in [3.8, 4) is 5.75 Å². The number of amides is 1. The number of ether oxygens (including phenoxy) is 1. The molecule has 7 heteroatoms. The number of carbonyl (C=O) groups excluding carboxylic acids is 1. The molecule has 1 N–H and O–H groups in total. The second kappa shape index (κ2) is 9.87. The van der Waals surface area contributed by atoms with Gasteiger partial charge in [0.25, 0.3) is 0 Å². The summed E-state index contributed by atoms with van der Waals surface area (Å²) in [5, 5.41) is 4.63. The predicted octanol–water partition coefficient (Wildman–Crippen LogP) is 4.65. The molecule has 1 aliphatic heterocycles. The summed E-state index contributed by atoms with van der Waals surface area (Å²) in [6.45, 7) is 6.44. The van der Waals surface area contributed by atoms with Crippen LogP contribution in [0.5, 0.6) is 5.75 Å². The summed E-state index contributed by atoms with van der Waals surface area (Å²) >= 11 is 6.17. The molecule has 1 fully saturated rings. The minimum Gasteiger partial charge on any atom is -0.497 e. The van der Waals surface area contributed by atoms with Gasteiger partial charge in [-0.3, -0.25) is 4.79 Å². The minimum absolute atomic E-state index is 0.0546. The third kappa shape index (κ3) is 5.17. The van der Waals surface area contributed by atoms with Crippen molar-refractivity contribution < 1.29 is 13.9 Å². The van der Waals surface area contributed by atoms with Gasteiger partial charge in [0, 0.05) is 53.8 Å². The molecule has 0 aliphatic carbocycles. The van der Waals surface area contributed by atoms with Crippen molar-refractivity contribution in [3.05, 3.63) is 68.5 Å². The third-order valence-electron chi connectivity index (χ3n) is 6.48. The number of hydrogen-bond acceptors (Lipinski definition) is 5. The molecule has 0 bridgehead atoms. The second-order valence-electron chi connectivity index (χ2n) is 8.69. The number of aryl methyl sites for hydroxylation is 2. The first-order valence-electron chi connectivity index (χ1n) is 11.2. The zero-order chi connectivity index (χ0) is 23.5. The van der Waals surface area contributed by atoms with E-state index in [4.69, 9.17) is 20.8 Å². The molecule has 2 aromatic carbocycles. The number of benzene rings is 2. The fourth-order valence-corrected chi connectivity index (χ4v) is 4.68. The average Bonchev–Trinajstić information content (AvgIpc) is 3.27. The fraction of sp³-hybridized carbons (Fsp3) is 0.385. The minimum atomic E-state index is -0.399. The quantitative estimate of drug-likeness (QED) is 0.511. The number of hydrogen-bond donors (Lipinski definition) is 1. The van der Waals surface area contributed by atoms with E-state index in [1.54, 1.807) is 13.2 Å². The first kappa shape index (κ1) is 23.2. The van der Waals surface area contributed by atoms with Crippen LogP contribution < -0.4 is 20.6 Å². The SMILES string of the molecule is COc1ccc2c(C)c(CCC(=O)NCC3CCN(c4cc(Cl)ccc4C)C3)c(=O)oc2c1. The highest BCUT2D eigenvalue weighted by Gasteiger charge is 2.24. The van der Waals surface area contributed by atoms with Gasteiger partial charge in [-0.05, 0) is 68.0 Å². The topological polar surface area (TPSA) is 71.8 Å². The van der Waals surface area contributed by atoms with E-state index in [-0.39, 0.29) is 12.3 Å². The van der Waals surface area contributed by atoms with Gasteiger partial charge in [-0.15, -0.1) is 0 Å². The number of fused-ring (bicyclic) bond motifs is 1. The van der Waals surface area contributed by atoms with E-state index >= 15 is 0 Å². The Balaban J connectivity index is 1.32. The van der Waals surface area contributed by atoms with Gasteiger partial charge in [0.1, 0.15) is 11.3 Å². The zero-order valence-corrected chi connectivity index (χ0v) is 20.0. The summed E-state index contributed by atoms with van der Waals surface area (Å²) in [4.78, 5) is 27.3. The molecule has 174 valence electrons. The number of carbonyl (C=O) groups is 1. The van der Waals surface area contributed by atoms with Gasteiger partial charge in [0.05, 0.1) is 7.11 Å². The number of anilines is 1. The van der Waals surface area contributed by atoms with Crippen LogP contribution in [0.3, 0.4) is 0 Å². The van der Waals surface area contributed by atoms with E-state index in [1.165, 1.54) is 5.56 Å². The van der Waals surface area contributed by atoms with E-state index in [1.807, 2.05) is 37.3 Å². The number of methoxy groups -OCH3 is 1. The van der Waals surface area contributed by atoms with Gasteiger partial charge in [-0.25, -0.2) is 4.79 Å². The zero-order valence-electron chi connectivity index (χ0n) is 19.2. The van der Waals surface area contributed by atoms with Crippen LogP contribution in [0.4, 0.5) is 5.69 Å². The summed E-state index contributed by atoms with van der Waals surface area (Å²) < 4.78 is 10.7. The number of nitrogens with one attached hydrogen (secondary N) is 1.